The largest absolute Gasteiger partial charge is 0.424 e. The number of aromatic nitrogens is 4. The minimum absolute atomic E-state index is 0.252. The van der Waals surface area contributed by atoms with Crippen LogP contribution in [0.15, 0.2) is 63.0 Å². The van der Waals surface area contributed by atoms with Crippen LogP contribution >= 0.6 is 11.8 Å². The second kappa shape index (κ2) is 9.87. The molecule has 34 heavy (non-hydrogen) atoms. The highest BCUT2D eigenvalue weighted by Gasteiger charge is 2.27. The van der Waals surface area contributed by atoms with Crippen molar-refractivity contribution < 1.29 is 17.6 Å². The Morgan fingerprint density at radius 2 is 1.79 bits per heavy atom. The van der Waals surface area contributed by atoms with Crippen LogP contribution in [0.3, 0.4) is 0 Å². The normalized spacial score (nSPS) is 15.2. The summed E-state index contributed by atoms with van der Waals surface area (Å²) in [5, 5.41) is 9.10. The monoisotopic (exact) mass is 499 g/mol. The zero-order valence-electron chi connectivity index (χ0n) is 18.8. The molecule has 1 fully saturated rings. The molecular formula is C23H25N5O4S2. The quantitative estimate of drug-likeness (QED) is 0.340. The van der Waals surface area contributed by atoms with Crippen molar-refractivity contribution >= 4 is 32.8 Å². The molecule has 4 aromatic rings. The number of sulfonamides is 1. The first-order valence-corrected chi connectivity index (χ1v) is 13.5. The van der Waals surface area contributed by atoms with Gasteiger partial charge in [0.25, 0.3) is 0 Å². The summed E-state index contributed by atoms with van der Waals surface area (Å²) in [5.41, 5.74) is 2.65. The molecule has 1 aliphatic heterocycles. The first kappa shape index (κ1) is 23.0. The van der Waals surface area contributed by atoms with Crippen molar-refractivity contribution in [3.63, 3.8) is 0 Å². The van der Waals surface area contributed by atoms with E-state index in [1.807, 2.05) is 43.3 Å². The molecule has 0 unspecified atom stereocenters. The maximum absolute atomic E-state index is 13.0. The van der Waals surface area contributed by atoms with Gasteiger partial charge in [0, 0.05) is 19.6 Å². The molecule has 0 atom stereocenters. The maximum atomic E-state index is 13.0. The molecule has 3 heterocycles. The van der Waals surface area contributed by atoms with E-state index in [9.17, 15) is 8.42 Å². The van der Waals surface area contributed by atoms with Gasteiger partial charge in [-0.15, -0.1) is 10.2 Å². The van der Waals surface area contributed by atoms with Gasteiger partial charge in [-0.3, -0.25) is 0 Å². The van der Waals surface area contributed by atoms with Gasteiger partial charge in [-0.25, -0.2) is 13.4 Å². The van der Waals surface area contributed by atoms with E-state index in [1.165, 1.54) is 16.1 Å². The Morgan fingerprint density at radius 3 is 2.56 bits per heavy atom. The third-order valence-electron chi connectivity index (χ3n) is 5.64. The van der Waals surface area contributed by atoms with Crippen molar-refractivity contribution in [1.82, 2.24) is 24.1 Å². The molecule has 2 aromatic carbocycles. The van der Waals surface area contributed by atoms with Gasteiger partial charge in [-0.05, 0) is 30.7 Å². The van der Waals surface area contributed by atoms with Crippen molar-refractivity contribution in [2.45, 2.75) is 35.7 Å². The SMILES string of the molecule is CCn1c(SCc2nnc(Cc3ccccc3)o2)nc2cc(S(=O)(=O)N3CCOCC3)ccc21. The van der Waals surface area contributed by atoms with Gasteiger partial charge in [0.05, 0.1) is 41.3 Å². The van der Waals surface area contributed by atoms with Gasteiger partial charge in [0.15, 0.2) is 5.16 Å². The summed E-state index contributed by atoms with van der Waals surface area (Å²) < 4.78 is 40.7. The van der Waals surface area contributed by atoms with Crippen molar-refractivity contribution in [2.24, 2.45) is 0 Å². The van der Waals surface area contributed by atoms with E-state index in [0.717, 1.165) is 16.2 Å². The van der Waals surface area contributed by atoms with Crippen LogP contribution in [0.1, 0.15) is 24.3 Å². The number of benzene rings is 2. The van der Waals surface area contributed by atoms with E-state index in [0.29, 0.717) is 62.3 Å². The third kappa shape index (κ3) is 4.74. The fourth-order valence-electron chi connectivity index (χ4n) is 3.91. The summed E-state index contributed by atoms with van der Waals surface area (Å²) in [6.45, 7) is 4.29. The Hall–Kier alpha value is -2.73. The van der Waals surface area contributed by atoms with Crippen molar-refractivity contribution in [2.75, 3.05) is 26.3 Å². The molecule has 0 amide bonds. The Balaban J connectivity index is 1.33. The molecule has 178 valence electrons. The highest BCUT2D eigenvalue weighted by atomic mass is 32.2. The lowest BCUT2D eigenvalue weighted by molar-refractivity contribution is 0.0730. The number of hydrogen-bond acceptors (Lipinski definition) is 8. The molecular weight excluding hydrogens is 474 g/mol. The number of nitrogens with zero attached hydrogens (tertiary/aromatic N) is 5. The molecule has 0 bridgehead atoms. The van der Waals surface area contributed by atoms with Gasteiger partial charge in [0.1, 0.15) is 0 Å². The fourth-order valence-corrected chi connectivity index (χ4v) is 6.26. The molecule has 0 radical (unpaired) electrons. The fraction of sp³-hybridized carbons (Fsp3) is 0.348. The maximum Gasteiger partial charge on any atom is 0.243 e. The van der Waals surface area contributed by atoms with Gasteiger partial charge in [-0.1, -0.05) is 42.1 Å². The van der Waals surface area contributed by atoms with Crippen molar-refractivity contribution in [1.29, 1.82) is 0 Å². The number of imidazole rings is 1. The third-order valence-corrected chi connectivity index (χ3v) is 8.50. The van der Waals surface area contributed by atoms with Crippen LogP contribution < -0.4 is 0 Å². The van der Waals surface area contributed by atoms with Gasteiger partial charge >= 0.3 is 0 Å². The summed E-state index contributed by atoms with van der Waals surface area (Å²) >= 11 is 1.49. The van der Waals surface area contributed by atoms with E-state index in [2.05, 4.69) is 14.8 Å². The van der Waals surface area contributed by atoms with Crippen LogP contribution in [0.4, 0.5) is 0 Å². The van der Waals surface area contributed by atoms with Crippen LogP contribution in [-0.4, -0.2) is 58.8 Å². The first-order valence-electron chi connectivity index (χ1n) is 11.1. The van der Waals surface area contributed by atoms with Crippen LogP contribution in [0, 0.1) is 0 Å². The highest BCUT2D eigenvalue weighted by molar-refractivity contribution is 7.98. The number of rotatable bonds is 8. The number of aryl methyl sites for hydroxylation is 1. The summed E-state index contributed by atoms with van der Waals surface area (Å²) in [6.07, 6.45) is 0.590. The molecule has 0 aliphatic carbocycles. The molecule has 11 heteroatoms. The van der Waals surface area contributed by atoms with Gasteiger partial charge in [-0.2, -0.15) is 4.31 Å². The van der Waals surface area contributed by atoms with Gasteiger partial charge < -0.3 is 13.7 Å². The predicted molar refractivity (Wildman–Crippen MR) is 128 cm³/mol. The molecule has 1 aliphatic rings. The van der Waals surface area contributed by atoms with Crippen molar-refractivity contribution in [3.8, 4) is 0 Å². The molecule has 9 nitrogen and oxygen atoms in total. The summed E-state index contributed by atoms with van der Waals surface area (Å²) in [5.74, 6) is 1.58. The second-order valence-corrected chi connectivity index (χ2v) is 10.7. The lowest BCUT2D eigenvalue weighted by atomic mass is 10.2. The lowest BCUT2D eigenvalue weighted by Crippen LogP contribution is -2.40. The van der Waals surface area contributed by atoms with Crippen LogP contribution in [0.2, 0.25) is 0 Å². The standard InChI is InChI=1S/C23H25N5O4S2/c1-2-28-20-9-8-18(34(29,30)27-10-12-31-13-11-27)15-19(20)24-23(28)33-16-22-26-25-21(32-22)14-17-6-4-3-5-7-17/h3-9,15H,2,10-14,16H2,1H3. The van der Waals surface area contributed by atoms with Crippen molar-refractivity contribution in [3.05, 3.63) is 65.9 Å². The summed E-state index contributed by atoms with van der Waals surface area (Å²) in [6, 6.07) is 15.1. The smallest absolute Gasteiger partial charge is 0.243 e. The van der Waals surface area contributed by atoms with E-state index in [4.69, 9.17) is 14.1 Å². The Morgan fingerprint density at radius 1 is 1.03 bits per heavy atom. The summed E-state index contributed by atoms with van der Waals surface area (Å²) in [7, 11) is -3.58. The number of fused-ring (bicyclic) bond motifs is 1. The number of ether oxygens (including phenoxy) is 1. The number of hydrogen-bond donors (Lipinski definition) is 0. The lowest BCUT2D eigenvalue weighted by Gasteiger charge is -2.26. The average Bonchev–Trinajstić information content (AvgIpc) is 3.46. The zero-order chi connectivity index (χ0) is 23.5. The number of thioether (sulfide) groups is 1. The molecule has 1 saturated heterocycles. The van der Waals surface area contributed by atoms with Gasteiger partial charge in [0.2, 0.25) is 21.8 Å². The van der Waals surface area contributed by atoms with E-state index in [1.54, 1.807) is 12.1 Å². The van der Waals surface area contributed by atoms with Crippen LogP contribution in [-0.2, 0) is 33.5 Å². The number of morpholine rings is 1. The van der Waals surface area contributed by atoms with Crippen LogP contribution in [0.25, 0.3) is 11.0 Å². The minimum Gasteiger partial charge on any atom is -0.424 e. The van der Waals surface area contributed by atoms with E-state index < -0.39 is 10.0 Å². The second-order valence-electron chi connectivity index (χ2n) is 7.85. The predicted octanol–water partition coefficient (Wildman–Crippen LogP) is 3.34. The molecule has 0 spiro atoms. The molecule has 2 aromatic heterocycles. The van der Waals surface area contributed by atoms with Crippen LogP contribution in [0.5, 0.6) is 0 Å². The first-order chi connectivity index (χ1) is 16.5. The summed E-state index contributed by atoms with van der Waals surface area (Å²) in [4.78, 5) is 4.97. The molecule has 0 N–H and O–H groups in total. The highest BCUT2D eigenvalue weighted by Crippen LogP contribution is 2.29. The minimum atomic E-state index is -3.58. The Kier molecular flexibility index (Phi) is 6.68. The Labute approximate surface area is 202 Å². The topological polar surface area (TPSA) is 103 Å². The Bertz CT molecular complexity index is 1380. The zero-order valence-corrected chi connectivity index (χ0v) is 20.4. The van der Waals surface area contributed by atoms with E-state index in [-0.39, 0.29) is 4.90 Å². The van der Waals surface area contributed by atoms with E-state index >= 15 is 0 Å². The average molecular weight is 500 g/mol. The molecule has 0 saturated carbocycles. The molecule has 5 rings (SSSR count).